The second-order valence-electron chi connectivity index (χ2n) is 6.62. The summed E-state index contributed by atoms with van der Waals surface area (Å²) in [5, 5.41) is 0. The highest BCUT2D eigenvalue weighted by Crippen LogP contribution is 2.03. The Morgan fingerprint density at radius 2 is 1.00 bits per heavy atom. The van der Waals surface area contributed by atoms with Crippen LogP contribution in [0.5, 0.6) is 0 Å². The van der Waals surface area contributed by atoms with Crippen molar-refractivity contribution in [3.05, 3.63) is 96.6 Å². The van der Waals surface area contributed by atoms with Gasteiger partial charge in [-0.15, -0.1) is 0 Å². The van der Waals surface area contributed by atoms with E-state index >= 15 is 0 Å². The van der Waals surface area contributed by atoms with E-state index in [1.54, 1.807) is 0 Å². The smallest absolute Gasteiger partial charge is 0.168 e. The normalized spacial score (nSPS) is 9.07. The number of pyridine rings is 2. The van der Waals surface area contributed by atoms with Gasteiger partial charge in [0.1, 0.15) is 13.1 Å². The van der Waals surface area contributed by atoms with Gasteiger partial charge in [-0.25, -0.2) is 9.13 Å². The first-order chi connectivity index (χ1) is 13.9. The zero-order valence-corrected chi connectivity index (χ0v) is 20.1. The number of hydrogen-bond donors (Lipinski definition) is 0. The molecule has 0 aliphatic rings. The van der Waals surface area contributed by atoms with Crippen LogP contribution in [0.3, 0.4) is 0 Å². The quantitative estimate of drug-likeness (QED) is 0.198. The Morgan fingerprint density at radius 3 is 1.43 bits per heavy atom. The Morgan fingerprint density at radius 1 is 0.567 bits per heavy atom. The van der Waals surface area contributed by atoms with E-state index in [9.17, 15) is 0 Å². The second kappa shape index (κ2) is 15.4. The summed E-state index contributed by atoms with van der Waals surface area (Å²) in [6.45, 7) is 2.00. The third-order valence-electron chi connectivity index (χ3n) is 4.32. The van der Waals surface area contributed by atoms with E-state index < -0.39 is 0 Å². The highest BCUT2D eigenvalue weighted by Gasteiger charge is 1.97. The lowest BCUT2D eigenvalue weighted by Crippen LogP contribution is -3.00. The molecule has 0 N–H and O–H groups in total. The van der Waals surface area contributed by atoms with Gasteiger partial charge in [-0.3, -0.25) is 0 Å². The van der Waals surface area contributed by atoms with Crippen molar-refractivity contribution in [1.82, 2.24) is 0 Å². The maximum Gasteiger partial charge on any atom is 0.168 e. The molecule has 0 aliphatic carbocycles. The first-order valence-electron chi connectivity index (χ1n) is 9.86. The van der Waals surface area contributed by atoms with Crippen LogP contribution >= 0.6 is 0 Å². The van der Waals surface area contributed by atoms with Gasteiger partial charge in [0.25, 0.3) is 0 Å². The van der Waals surface area contributed by atoms with Crippen molar-refractivity contribution in [1.29, 1.82) is 0 Å². The Bertz CT molecular complexity index is 903. The molecular weight excluding hydrogens is 500 g/mol. The second-order valence-corrected chi connectivity index (χ2v) is 6.62. The molecule has 2 heterocycles. The van der Waals surface area contributed by atoms with Crippen LogP contribution in [0.15, 0.2) is 85.5 Å². The van der Waals surface area contributed by atoms with Crippen LogP contribution < -0.4 is 43.1 Å². The largest absolute Gasteiger partial charge is 1.00 e. The van der Waals surface area contributed by atoms with Crippen molar-refractivity contribution in [2.24, 2.45) is 0 Å². The highest BCUT2D eigenvalue weighted by molar-refractivity contribution is 5.43. The van der Waals surface area contributed by atoms with E-state index in [1.165, 1.54) is 0 Å². The van der Waals surface area contributed by atoms with E-state index in [0.717, 1.165) is 49.9 Å². The SMILES string of the molecule is C(#Cc1cccc(C#CCCC[n+]2ccccc2)c1)CCC[n+]1ccccc1.[Br-].[Br-]. The fraction of sp³-hybridized carbons (Fsp3) is 0.231. The number of nitrogens with zero attached hydrogens (tertiary/aromatic N) is 2. The van der Waals surface area contributed by atoms with Crippen LogP contribution in [-0.2, 0) is 13.1 Å². The first kappa shape index (κ1) is 25.6. The molecule has 0 unspecified atom stereocenters. The monoisotopic (exact) mass is 524 g/mol. The molecule has 2 aromatic heterocycles. The van der Waals surface area contributed by atoms with E-state index in [1.807, 2.05) is 18.2 Å². The van der Waals surface area contributed by atoms with Crippen molar-refractivity contribution in [2.45, 2.75) is 38.8 Å². The fourth-order valence-electron chi connectivity index (χ4n) is 2.87. The Kier molecular flexibility index (Phi) is 13.2. The van der Waals surface area contributed by atoms with Crippen molar-refractivity contribution in [3.63, 3.8) is 0 Å². The van der Waals surface area contributed by atoms with Gasteiger partial charge in [0, 0.05) is 61.1 Å². The minimum absolute atomic E-state index is 0. The van der Waals surface area contributed by atoms with E-state index in [0.29, 0.717) is 0 Å². The molecule has 0 saturated heterocycles. The van der Waals surface area contributed by atoms with E-state index in [-0.39, 0.29) is 34.0 Å². The van der Waals surface area contributed by atoms with Gasteiger partial charge >= 0.3 is 0 Å². The van der Waals surface area contributed by atoms with Crippen LogP contribution in [0.4, 0.5) is 0 Å². The average molecular weight is 526 g/mol. The molecule has 0 amide bonds. The van der Waals surface area contributed by atoms with Gasteiger partial charge in [0.05, 0.1) is 0 Å². The molecule has 0 saturated carbocycles. The highest BCUT2D eigenvalue weighted by atomic mass is 79.9. The predicted octanol–water partition coefficient (Wildman–Crippen LogP) is -2.07. The molecule has 0 fully saturated rings. The van der Waals surface area contributed by atoms with Crippen LogP contribution in [0.1, 0.15) is 36.8 Å². The van der Waals surface area contributed by atoms with Crippen molar-refractivity contribution in [2.75, 3.05) is 0 Å². The molecule has 4 heteroatoms. The van der Waals surface area contributed by atoms with E-state index in [2.05, 4.69) is 100 Å². The average Bonchev–Trinajstić information content (AvgIpc) is 2.75. The number of unbranched alkanes of at least 4 members (excludes halogenated alkanes) is 2. The van der Waals surface area contributed by atoms with Crippen molar-refractivity contribution in [3.8, 4) is 23.7 Å². The molecule has 1 aromatic carbocycles. The number of benzene rings is 1. The molecule has 2 nitrogen and oxygen atoms in total. The zero-order chi connectivity index (χ0) is 19.3. The Labute approximate surface area is 201 Å². The molecule has 3 aromatic rings. The lowest BCUT2D eigenvalue weighted by atomic mass is 10.1. The minimum atomic E-state index is 0. The summed E-state index contributed by atoms with van der Waals surface area (Å²) in [6, 6.07) is 20.5. The predicted molar refractivity (Wildman–Crippen MR) is 112 cm³/mol. The zero-order valence-electron chi connectivity index (χ0n) is 17.0. The lowest BCUT2D eigenvalue weighted by Gasteiger charge is -1.94. The van der Waals surface area contributed by atoms with Gasteiger partial charge in [0.15, 0.2) is 24.8 Å². The summed E-state index contributed by atoms with van der Waals surface area (Å²) in [5.41, 5.74) is 2.08. The maximum atomic E-state index is 3.28. The molecule has 3 rings (SSSR count). The van der Waals surface area contributed by atoms with Gasteiger partial charge in [0.2, 0.25) is 0 Å². The van der Waals surface area contributed by atoms with Gasteiger partial charge in [-0.05, 0) is 18.2 Å². The van der Waals surface area contributed by atoms with Crippen LogP contribution in [-0.4, -0.2) is 0 Å². The topological polar surface area (TPSA) is 7.76 Å². The molecule has 30 heavy (non-hydrogen) atoms. The van der Waals surface area contributed by atoms with Gasteiger partial charge < -0.3 is 34.0 Å². The summed E-state index contributed by atoms with van der Waals surface area (Å²) in [4.78, 5) is 0. The number of aromatic nitrogens is 2. The molecule has 0 spiro atoms. The van der Waals surface area contributed by atoms with Crippen LogP contribution in [0, 0.1) is 23.7 Å². The molecule has 0 radical (unpaired) electrons. The Balaban J connectivity index is 0.00000225. The van der Waals surface area contributed by atoms with Crippen LogP contribution in [0.2, 0.25) is 0 Å². The third-order valence-corrected chi connectivity index (χ3v) is 4.32. The molecule has 0 atom stereocenters. The van der Waals surface area contributed by atoms with Gasteiger partial charge in [-0.1, -0.05) is 41.9 Å². The van der Waals surface area contributed by atoms with Crippen molar-refractivity contribution < 1.29 is 43.1 Å². The molecule has 0 bridgehead atoms. The summed E-state index contributed by atoms with van der Waals surface area (Å²) < 4.78 is 4.38. The molecule has 0 aliphatic heterocycles. The van der Waals surface area contributed by atoms with Crippen molar-refractivity contribution >= 4 is 0 Å². The fourth-order valence-corrected chi connectivity index (χ4v) is 2.87. The number of halogens is 2. The van der Waals surface area contributed by atoms with Crippen LogP contribution in [0.25, 0.3) is 0 Å². The summed E-state index contributed by atoms with van der Waals surface area (Å²) >= 11 is 0. The third kappa shape index (κ3) is 9.88. The summed E-state index contributed by atoms with van der Waals surface area (Å²) in [5.74, 6) is 13.1. The number of hydrogen-bond acceptors (Lipinski definition) is 0. The molecule has 154 valence electrons. The minimum Gasteiger partial charge on any atom is -1.00 e. The first-order valence-corrected chi connectivity index (χ1v) is 9.86. The van der Waals surface area contributed by atoms with E-state index in [4.69, 9.17) is 0 Å². The number of aryl methyl sites for hydroxylation is 2. The van der Waals surface area contributed by atoms with Gasteiger partial charge in [-0.2, -0.15) is 0 Å². The Hall–Kier alpha value is -2.40. The standard InChI is InChI=1S/C26H26N2.2BrH/c1(7-18-27-20-9-3-10-21-27)5-14-25-16-13-17-26(24-25)15-6-2-8-19-28-22-11-4-12-23-28;;/h3-4,9-13,16-17,20-24H,1-2,7-8,18-19H2;2*1H/q+2;;/p-2. The lowest BCUT2D eigenvalue weighted by molar-refractivity contribution is -0.697. The maximum absolute atomic E-state index is 3.28. The summed E-state index contributed by atoms with van der Waals surface area (Å²) in [6.07, 6.45) is 12.3. The molecular formula is C26H26Br2N2. The number of rotatable bonds is 6. The summed E-state index contributed by atoms with van der Waals surface area (Å²) in [7, 11) is 0.